The van der Waals surface area contributed by atoms with Gasteiger partial charge in [-0.1, -0.05) is 12.1 Å². The average Bonchev–Trinajstić information content (AvgIpc) is 3.15. The Balaban J connectivity index is 1.84. The predicted octanol–water partition coefficient (Wildman–Crippen LogP) is 2.57. The van der Waals surface area contributed by atoms with Gasteiger partial charge in [-0.3, -0.25) is 9.78 Å². The number of amides is 1. The van der Waals surface area contributed by atoms with Gasteiger partial charge in [0.25, 0.3) is 5.91 Å². The highest BCUT2D eigenvalue weighted by Crippen LogP contribution is 2.27. The Kier molecular flexibility index (Phi) is 5.04. The predicted molar refractivity (Wildman–Crippen MR) is 86.8 cm³/mol. The van der Waals surface area contributed by atoms with Crippen molar-refractivity contribution in [2.45, 2.75) is 25.0 Å². The van der Waals surface area contributed by atoms with Crippen LogP contribution in [-0.4, -0.2) is 34.7 Å². The molecule has 1 aliphatic heterocycles. The van der Waals surface area contributed by atoms with E-state index < -0.39 is 17.9 Å². The van der Waals surface area contributed by atoms with Crippen LogP contribution < -0.4 is 5.32 Å². The van der Waals surface area contributed by atoms with Crippen LogP contribution in [0.2, 0.25) is 0 Å². The van der Waals surface area contributed by atoms with Gasteiger partial charge in [0.15, 0.2) is 0 Å². The van der Waals surface area contributed by atoms with Crippen LogP contribution in [0.5, 0.6) is 0 Å². The van der Waals surface area contributed by atoms with Gasteiger partial charge in [-0.25, -0.2) is 9.18 Å². The van der Waals surface area contributed by atoms with E-state index in [1.165, 1.54) is 30.5 Å². The Morgan fingerprint density at radius 1 is 1.28 bits per heavy atom. The van der Waals surface area contributed by atoms with Crippen molar-refractivity contribution in [3.8, 4) is 0 Å². The van der Waals surface area contributed by atoms with E-state index in [4.69, 9.17) is 9.84 Å². The van der Waals surface area contributed by atoms with Gasteiger partial charge in [0.2, 0.25) is 0 Å². The normalized spacial score (nSPS) is 17.9. The lowest BCUT2D eigenvalue weighted by Gasteiger charge is -2.24. The second-order valence-corrected chi connectivity index (χ2v) is 5.79. The molecule has 7 heteroatoms. The summed E-state index contributed by atoms with van der Waals surface area (Å²) in [6.07, 6.45) is 2.70. The van der Waals surface area contributed by atoms with E-state index in [9.17, 15) is 14.0 Å². The molecule has 2 N–H and O–H groups in total. The van der Waals surface area contributed by atoms with Gasteiger partial charge >= 0.3 is 5.97 Å². The van der Waals surface area contributed by atoms with Crippen LogP contribution in [0.1, 0.15) is 45.3 Å². The topological polar surface area (TPSA) is 88.5 Å². The molecule has 2 heterocycles. The Hall–Kier alpha value is -2.80. The fourth-order valence-electron chi connectivity index (χ4n) is 2.83. The number of benzene rings is 1. The SMILES string of the molecule is O=C(O)c1ccnc(C(=O)NC(c2ccc(F)cc2)C2CCCO2)c1. The summed E-state index contributed by atoms with van der Waals surface area (Å²) in [5.74, 6) is -2.00. The number of hydrogen-bond donors (Lipinski definition) is 2. The third-order valence-electron chi connectivity index (χ3n) is 4.09. The molecule has 0 saturated carbocycles. The molecular formula is C18H17FN2O4. The third kappa shape index (κ3) is 4.00. The molecule has 2 atom stereocenters. The van der Waals surface area contributed by atoms with Crippen molar-refractivity contribution >= 4 is 11.9 Å². The van der Waals surface area contributed by atoms with Gasteiger partial charge in [-0.2, -0.15) is 0 Å². The van der Waals surface area contributed by atoms with Gasteiger partial charge in [0.05, 0.1) is 17.7 Å². The number of aromatic carboxylic acids is 1. The maximum atomic E-state index is 13.2. The van der Waals surface area contributed by atoms with Gasteiger partial charge in [0.1, 0.15) is 11.5 Å². The number of carboxylic acid groups (broad SMARTS) is 1. The second-order valence-electron chi connectivity index (χ2n) is 5.79. The van der Waals surface area contributed by atoms with Crippen molar-refractivity contribution in [2.24, 2.45) is 0 Å². The van der Waals surface area contributed by atoms with E-state index in [0.29, 0.717) is 6.61 Å². The Morgan fingerprint density at radius 3 is 2.68 bits per heavy atom. The molecule has 0 aliphatic carbocycles. The molecule has 25 heavy (non-hydrogen) atoms. The first kappa shape index (κ1) is 17.0. The number of nitrogens with zero attached hydrogens (tertiary/aromatic N) is 1. The summed E-state index contributed by atoms with van der Waals surface area (Å²) in [5.41, 5.74) is 0.705. The van der Waals surface area contributed by atoms with Crippen LogP contribution in [0.3, 0.4) is 0 Å². The molecule has 1 aliphatic rings. The molecule has 1 saturated heterocycles. The number of pyridine rings is 1. The standard InChI is InChI=1S/C18H17FN2O4/c19-13-5-3-11(4-6-13)16(15-2-1-9-25-15)21-17(22)14-10-12(18(23)24)7-8-20-14/h3-8,10,15-16H,1-2,9H2,(H,21,22)(H,23,24). The highest BCUT2D eigenvalue weighted by Gasteiger charge is 2.29. The average molecular weight is 344 g/mol. The van der Waals surface area contributed by atoms with Gasteiger partial charge in [-0.15, -0.1) is 0 Å². The first-order valence-corrected chi connectivity index (χ1v) is 7.92. The zero-order chi connectivity index (χ0) is 17.8. The van der Waals surface area contributed by atoms with Crippen molar-refractivity contribution in [2.75, 3.05) is 6.61 Å². The molecule has 0 spiro atoms. The number of halogens is 1. The molecule has 3 rings (SSSR count). The van der Waals surface area contributed by atoms with Crippen molar-refractivity contribution in [3.05, 3.63) is 65.2 Å². The van der Waals surface area contributed by atoms with E-state index in [-0.39, 0.29) is 23.2 Å². The number of rotatable bonds is 5. The maximum Gasteiger partial charge on any atom is 0.335 e. The highest BCUT2D eigenvalue weighted by atomic mass is 19.1. The molecule has 1 amide bonds. The summed E-state index contributed by atoms with van der Waals surface area (Å²) in [5, 5.41) is 11.9. The molecule has 2 aromatic rings. The monoisotopic (exact) mass is 344 g/mol. The lowest BCUT2D eigenvalue weighted by atomic mass is 9.99. The number of carboxylic acids is 1. The zero-order valence-electron chi connectivity index (χ0n) is 13.3. The highest BCUT2D eigenvalue weighted by molar-refractivity contribution is 5.96. The number of aromatic nitrogens is 1. The maximum absolute atomic E-state index is 13.2. The van der Waals surface area contributed by atoms with Crippen LogP contribution >= 0.6 is 0 Å². The molecular weight excluding hydrogens is 327 g/mol. The second kappa shape index (κ2) is 7.40. The quantitative estimate of drug-likeness (QED) is 0.870. The largest absolute Gasteiger partial charge is 0.478 e. The summed E-state index contributed by atoms with van der Waals surface area (Å²) < 4.78 is 18.9. The fourth-order valence-corrected chi connectivity index (χ4v) is 2.83. The Morgan fingerprint density at radius 2 is 2.04 bits per heavy atom. The van der Waals surface area contributed by atoms with E-state index in [2.05, 4.69) is 10.3 Å². The lowest BCUT2D eigenvalue weighted by molar-refractivity contribution is 0.0669. The van der Waals surface area contributed by atoms with E-state index >= 15 is 0 Å². The summed E-state index contributed by atoms with van der Waals surface area (Å²) in [7, 11) is 0. The molecule has 0 radical (unpaired) electrons. The summed E-state index contributed by atoms with van der Waals surface area (Å²) in [6, 6.07) is 7.92. The van der Waals surface area contributed by atoms with Crippen molar-refractivity contribution in [1.82, 2.24) is 10.3 Å². The molecule has 0 bridgehead atoms. The smallest absolute Gasteiger partial charge is 0.335 e. The number of carbonyl (C=O) groups is 2. The number of ether oxygens (including phenoxy) is 1. The summed E-state index contributed by atoms with van der Waals surface area (Å²) in [4.78, 5) is 27.5. The van der Waals surface area contributed by atoms with Crippen LogP contribution in [0.25, 0.3) is 0 Å². The molecule has 130 valence electrons. The molecule has 6 nitrogen and oxygen atoms in total. The fraction of sp³-hybridized carbons (Fsp3) is 0.278. The minimum atomic E-state index is -1.13. The third-order valence-corrected chi connectivity index (χ3v) is 4.09. The van der Waals surface area contributed by atoms with Gasteiger partial charge in [-0.05, 0) is 42.7 Å². The lowest BCUT2D eigenvalue weighted by Crippen LogP contribution is -2.36. The van der Waals surface area contributed by atoms with Crippen LogP contribution in [0.15, 0.2) is 42.6 Å². The molecule has 1 aromatic heterocycles. The molecule has 1 aromatic carbocycles. The van der Waals surface area contributed by atoms with Crippen molar-refractivity contribution in [3.63, 3.8) is 0 Å². The zero-order valence-corrected chi connectivity index (χ0v) is 13.3. The number of carbonyl (C=O) groups excluding carboxylic acids is 1. The Labute approximate surface area is 143 Å². The minimum absolute atomic E-state index is 0.00464. The van der Waals surface area contributed by atoms with Crippen LogP contribution in [-0.2, 0) is 4.74 Å². The van der Waals surface area contributed by atoms with E-state index in [0.717, 1.165) is 18.4 Å². The van der Waals surface area contributed by atoms with E-state index in [1.54, 1.807) is 12.1 Å². The summed E-state index contributed by atoms with van der Waals surface area (Å²) >= 11 is 0. The minimum Gasteiger partial charge on any atom is -0.478 e. The van der Waals surface area contributed by atoms with Gasteiger partial charge in [0, 0.05) is 12.8 Å². The number of hydrogen-bond acceptors (Lipinski definition) is 4. The van der Waals surface area contributed by atoms with Crippen LogP contribution in [0, 0.1) is 5.82 Å². The first-order chi connectivity index (χ1) is 12.0. The molecule has 1 fully saturated rings. The Bertz CT molecular complexity index is 773. The molecule has 2 unspecified atom stereocenters. The summed E-state index contributed by atoms with van der Waals surface area (Å²) in [6.45, 7) is 0.602. The van der Waals surface area contributed by atoms with Crippen molar-refractivity contribution in [1.29, 1.82) is 0 Å². The first-order valence-electron chi connectivity index (χ1n) is 7.92. The van der Waals surface area contributed by atoms with Crippen LogP contribution in [0.4, 0.5) is 4.39 Å². The van der Waals surface area contributed by atoms with Crippen molar-refractivity contribution < 1.29 is 23.8 Å². The van der Waals surface area contributed by atoms with E-state index in [1.807, 2.05) is 0 Å². The number of nitrogens with one attached hydrogen (secondary N) is 1. The van der Waals surface area contributed by atoms with Gasteiger partial charge < -0.3 is 15.2 Å².